The number of likely N-dealkylation sites (N-methyl/N-ethyl adjacent to an activating group) is 1. The van der Waals surface area contributed by atoms with Gasteiger partial charge in [-0.15, -0.1) is 0 Å². The van der Waals surface area contributed by atoms with Gasteiger partial charge in [0.1, 0.15) is 11.8 Å². The van der Waals surface area contributed by atoms with Gasteiger partial charge >= 0.3 is 0 Å². The maximum atomic E-state index is 12.9. The van der Waals surface area contributed by atoms with Crippen LogP contribution in [-0.4, -0.2) is 75.4 Å². The minimum Gasteiger partial charge on any atom is -0.484 e. The van der Waals surface area contributed by atoms with Gasteiger partial charge in [-0.05, 0) is 36.8 Å². The molecule has 1 aliphatic rings. The molecule has 0 spiro atoms. The number of carbonyl (C=O) groups is 2. The Hall–Kier alpha value is -2.95. The Morgan fingerprint density at radius 1 is 1.09 bits per heavy atom. The number of hydrogen-bond donors (Lipinski definition) is 1. The largest absolute Gasteiger partial charge is 0.484 e. The van der Waals surface area contributed by atoms with Crippen molar-refractivity contribution in [3.8, 4) is 5.75 Å². The number of nitrogens with one attached hydrogen (secondary N) is 1. The first-order valence-electron chi connectivity index (χ1n) is 10.7. The topological polar surface area (TPSA) is 105 Å². The number of rotatable bonds is 9. The molecule has 9 nitrogen and oxygen atoms in total. The third-order valence-electron chi connectivity index (χ3n) is 5.40. The Balaban J connectivity index is 1.66. The van der Waals surface area contributed by atoms with Gasteiger partial charge in [-0.2, -0.15) is 4.31 Å². The lowest BCUT2D eigenvalue weighted by molar-refractivity contribution is -0.142. The number of amides is 2. The van der Waals surface area contributed by atoms with E-state index in [1.165, 1.54) is 40.5 Å². The highest BCUT2D eigenvalue weighted by molar-refractivity contribution is 7.89. The highest BCUT2D eigenvalue weighted by Crippen LogP contribution is 2.21. The van der Waals surface area contributed by atoms with E-state index in [-0.39, 0.29) is 29.9 Å². The van der Waals surface area contributed by atoms with Gasteiger partial charge < -0.3 is 19.7 Å². The van der Waals surface area contributed by atoms with E-state index in [0.29, 0.717) is 32.1 Å². The molecule has 1 heterocycles. The minimum absolute atomic E-state index is 0.155. The van der Waals surface area contributed by atoms with Gasteiger partial charge in [0.15, 0.2) is 6.61 Å². The van der Waals surface area contributed by atoms with E-state index in [1.54, 1.807) is 6.92 Å². The molecule has 0 aliphatic carbocycles. The number of morpholine rings is 1. The summed E-state index contributed by atoms with van der Waals surface area (Å²) >= 11 is 0. The summed E-state index contributed by atoms with van der Waals surface area (Å²) in [5.74, 6) is -0.284. The van der Waals surface area contributed by atoms with E-state index in [9.17, 15) is 18.0 Å². The van der Waals surface area contributed by atoms with E-state index in [2.05, 4.69) is 5.32 Å². The molecule has 10 heteroatoms. The predicted octanol–water partition coefficient (Wildman–Crippen LogP) is 1.25. The molecule has 2 aromatic carbocycles. The van der Waals surface area contributed by atoms with Crippen LogP contribution >= 0.6 is 0 Å². The number of nitrogens with zero attached hydrogens (tertiary/aromatic N) is 2. The van der Waals surface area contributed by atoms with Crippen LogP contribution in [0.4, 0.5) is 0 Å². The summed E-state index contributed by atoms with van der Waals surface area (Å²) in [7, 11) is -2.08. The number of hydrogen-bond acceptors (Lipinski definition) is 6. The number of ether oxygens (including phenoxy) is 2. The van der Waals surface area contributed by atoms with Crippen LogP contribution in [0.1, 0.15) is 12.5 Å². The lowest BCUT2D eigenvalue weighted by atomic mass is 10.1. The Labute approximate surface area is 194 Å². The molecule has 0 bridgehead atoms. The Morgan fingerprint density at radius 3 is 2.33 bits per heavy atom. The fourth-order valence-electron chi connectivity index (χ4n) is 3.44. The van der Waals surface area contributed by atoms with Crippen LogP contribution in [0.2, 0.25) is 0 Å². The van der Waals surface area contributed by atoms with Gasteiger partial charge in [0.2, 0.25) is 15.9 Å². The monoisotopic (exact) mass is 475 g/mol. The minimum atomic E-state index is -3.60. The first-order chi connectivity index (χ1) is 15.8. The van der Waals surface area contributed by atoms with Crippen LogP contribution in [0, 0.1) is 0 Å². The maximum Gasteiger partial charge on any atom is 0.261 e. The van der Waals surface area contributed by atoms with Crippen LogP contribution < -0.4 is 10.1 Å². The molecular weight excluding hydrogens is 446 g/mol. The van der Waals surface area contributed by atoms with Gasteiger partial charge in [-0.25, -0.2) is 8.42 Å². The molecule has 3 rings (SSSR count). The third kappa shape index (κ3) is 6.31. The van der Waals surface area contributed by atoms with E-state index in [1.807, 2.05) is 30.3 Å². The number of benzene rings is 2. The Bertz CT molecular complexity index is 1040. The predicted molar refractivity (Wildman–Crippen MR) is 122 cm³/mol. The molecule has 1 atom stereocenters. The molecule has 33 heavy (non-hydrogen) atoms. The normalized spacial score (nSPS) is 15.5. The van der Waals surface area contributed by atoms with Gasteiger partial charge in [0.25, 0.3) is 5.91 Å². The molecule has 0 saturated carbocycles. The van der Waals surface area contributed by atoms with Crippen molar-refractivity contribution < 1.29 is 27.5 Å². The highest BCUT2D eigenvalue weighted by atomic mass is 32.2. The van der Waals surface area contributed by atoms with Crippen LogP contribution in [0.5, 0.6) is 5.75 Å². The fraction of sp³-hybridized carbons (Fsp3) is 0.391. The maximum absolute atomic E-state index is 12.9. The molecular formula is C23H29N3O6S. The molecule has 2 aromatic rings. The van der Waals surface area contributed by atoms with Crippen LogP contribution in [-0.2, 0) is 30.9 Å². The fourth-order valence-corrected chi connectivity index (χ4v) is 4.85. The van der Waals surface area contributed by atoms with Crippen molar-refractivity contribution in [2.24, 2.45) is 0 Å². The van der Waals surface area contributed by atoms with E-state index >= 15 is 0 Å². The van der Waals surface area contributed by atoms with Crippen molar-refractivity contribution in [2.45, 2.75) is 24.4 Å². The second-order valence-corrected chi connectivity index (χ2v) is 9.51. The second kappa shape index (κ2) is 11.3. The number of carbonyl (C=O) groups excluding carboxylic acids is 2. The van der Waals surface area contributed by atoms with Crippen molar-refractivity contribution in [3.05, 3.63) is 60.2 Å². The van der Waals surface area contributed by atoms with Crippen molar-refractivity contribution in [1.82, 2.24) is 14.5 Å². The first kappa shape index (κ1) is 24.7. The molecule has 0 unspecified atom stereocenters. The highest BCUT2D eigenvalue weighted by Gasteiger charge is 2.27. The van der Waals surface area contributed by atoms with Gasteiger partial charge in [0.05, 0.1) is 18.1 Å². The summed E-state index contributed by atoms with van der Waals surface area (Å²) in [6.07, 6.45) is 0. The molecule has 1 saturated heterocycles. The third-order valence-corrected chi connectivity index (χ3v) is 7.32. The Kier molecular flexibility index (Phi) is 8.43. The average Bonchev–Trinajstić information content (AvgIpc) is 2.86. The van der Waals surface area contributed by atoms with E-state index in [4.69, 9.17) is 9.47 Å². The van der Waals surface area contributed by atoms with Crippen molar-refractivity contribution in [2.75, 3.05) is 40.0 Å². The average molecular weight is 476 g/mol. The molecule has 0 aromatic heterocycles. The van der Waals surface area contributed by atoms with Crippen LogP contribution in [0.3, 0.4) is 0 Å². The molecule has 1 fully saturated rings. The lowest BCUT2D eigenvalue weighted by Gasteiger charge is -2.28. The van der Waals surface area contributed by atoms with Crippen LogP contribution in [0.25, 0.3) is 0 Å². The molecule has 178 valence electrons. The van der Waals surface area contributed by atoms with Gasteiger partial charge in [-0.3, -0.25) is 9.59 Å². The van der Waals surface area contributed by atoms with Crippen LogP contribution in [0.15, 0.2) is 59.5 Å². The zero-order valence-corrected chi connectivity index (χ0v) is 19.6. The SMILES string of the molecule is CNC(=O)[C@H](C)N(Cc1ccccc1)C(=O)COc1ccc(S(=O)(=O)N2CCOCC2)cc1. The standard InChI is InChI=1S/C23H29N3O6S/c1-18(23(28)24-2)26(16-19-6-4-3-5-7-19)22(27)17-32-20-8-10-21(11-9-20)33(29,30)25-12-14-31-15-13-25/h3-11,18H,12-17H2,1-2H3,(H,24,28)/t18-/m0/s1. The lowest BCUT2D eigenvalue weighted by Crippen LogP contribution is -2.48. The van der Waals surface area contributed by atoms with Crippen molar-refractivity contribution in [1.29, 1.82) is 0 Å². The van der Waals surface area contributed by atoms with Crippen molar-refractivity contribution in [3.63, 3.8) is 0 Å². The summed E-state index contributed by atoms with van der Waals surface area (Å²) in [4.78, 5) is 26.7. The summed E-state index contributed by atoms with van der Waals surface area (Å²) in [5.41, 5.74) is 0.888. The number of sulfonamides is 1. The zero-order chi connectivity index (χ0) is 23.8. The first-order valence-corrected chi connectivity index (χ1v) is 12.1. The molecule has 1 aliphatic heterocycles. The van der Waals surface area contributed by atoms with Gasteiger partial charge in [0, 0.05) is 26.7 Å². The Morgan fingerprint density at radius 2 is 1.73 bits per heavy atom. The molecule has 2 amide bonds. The second-order valence-electron chi connectivity index (χ2n) is 7.57. The molecule has 0 radical (unpaired) electrons. The van der Waals surface area contributed by atoms with E-state index < -0.39 is 16.1 Å². The summed E-state index contributed by atoms with van der Waals surface area (Å²) in [6.45, 7) is 3.00. The van der Waals surface area contributed by atoms with Gasteiger partial charge in [-0.1, -0.05) is 30.3 Å². The smallest absolute Gasteiger partial charge is 0.261 e. The summed E-state index contributed by atoms with van der Waals surface area (Å²) in [6, 6.07) is 14.6. The quantitative estimate of drug-likeness (QED) is 0.585. The summed E-state index contributed by atoms with van der Waals surface area (Å²) in [5, 5.41) is 2.56. The van der Waals surface area contributed by atoms with Crippen molar-refractivity contribution >= 4 is 21.8 Å². The summed E-state index contributed by atoms with van der Waals surface area (Å²) < 4.78 is 37.7. The molecule has 1 N–H and O–H groups in total. The van der Waals surface area contributed by atoms with E-state index in [0.717, 1.165) is 5.56 Å². The zero-order valence-electron chi connectivity index (χ0n) is 18.8.